The van der Waals surface area contributed by atoms with E-state index in [1.807, 2.05) is 6.92 Å². The average molecular weight is 419 g/mol. The van der Waals surface area contributed by atoms with Crippen LogP contribution in [0.2, 0.25) is 0 Å². The molecular weight excluding hydrogens is 404 g/mol. The Morgan fingerprint density at radius 3 is 2.54 bits per heavy atom. The van der Waals surface area contributed by atoms with Gasteiger partial charge in [0.25, 0.3) is 0 Å². The highest BCUT2D eigenvalue weighted by atomic mass is 32.2. The first kappa shape index (κ1) is 18.8. The van der Waals surface area contributed by atoms with Crippen LogP contribution in [0.4, 0.5) is 14.5 Å². The van der Waals surface area contributed by atoms with Gasteiger partial charge in [-0.25, -0.2) is 17.2 Å². The molecule has 0 aliphatic carbocycles. The van der Waals surface area contributed by atoms with Gasteiger partial charge in [0.1, 0.15) is 4.90 Å². The normalized spacial score (nSPS) is 16.5. The van der Waals surface area contributed by atoms with Crippen LogP contribution in [0.3, 0.4) is 0 Å². The van der Waals surface area contributed by atoms with Crippen molar-refractivity contribution in [3.8, 4) is 0 Å². The molecule has 1 unspecified atom stereocenters. The number of rotatable bonds is 3. The summed E-state index contributed by atoms with van der Waals surface area (Å²) in [7, 11) is -3.87. The van der Waals surface area contributed by atoms with Crippen molar-refractivity contribution in [3.05, 3.63) is 75.5 Å². The minimum Gasteiger partial charge on any atom is -0.324 e. The lowest BCUT2D eigenvalue weighted by atomic mass is 9.90. The zero-order valence-corrected chi connectivity index (χ0v) is 16.3. The second-order valence-corrected chi connectivity index (χ2v) is 9.43. The smallest absolute Gasteiger partial charge is 0.225 e. The maximum absolute atomic E-state index is 14.3. The van der Waals surface area contributed by atoms with Crippen LogP contribution in [0.15, 0.2) is 57.6 Å². The molecule has 2 heterocycles. The van der Waals surface area contributed by atoms with Gasteiger partial charge in [-0.1, -0.05) is 29.8 Å². The van der Waals surface area contributed by atoms with E-state index in [-0.39, 0.29) is 27.5 Å². The summed E-state index contributed by atoms with van der Waals surface area (Å²) in [5.74, 6) is -3.22. The summed E-state index contributed by atoms with van der Waals surface area (Å²) in [6, 6.07) is 10.2. The molecule has 144 valence electrons. The van der Waals surface area contributed by atoms with Crippen LogP contribution in [-0.2, 0) is 14.6 Å². The van der Waals surface area contributed by atoms with Gasteiger partial charge in [0.2, 0.25) is 15.7 Å². The molecule has 28 heavy (non-hydrogen) atoms. The Morgan fingerprint density at radius 2 is 1.82 bits per heavy atom. The van der Waals surface area contributed by atoms with Crippen LogP contribution in [0.5, 0.6) is 0 Å². The van der Waals surface area contributed by atoms with Crippen molar-refractivity contribution in [1.82, 2.24) is 0 Å². The summed E-state index contributed by atoms with van der Waals surface area (Å²) in [5.41, 5.74) is 1.11. The molecule has 1 atom stereocenters. The van der Waals surface area contributed by atoms with Crippen LogP contribution in [0.1, 0.15) is 28.3 Å². The Hall–Kier alpha value is -2.58. The van der Waals surface area contributed by atoms with Crippen molar-refractivity contribution in [2.45, 2.75) is 29.1 Å². The number of sulfone groups is 1. The topological polar surface area (TPSA) is 63.2 Å². The van der Waals surface area contributed by atoms with E-state index in [9.17, 15) is 22.0 Å². The fourth-order valence-electron chi connectivity index (χ4n) is 3.29. The summed E-state index contributed by atoms with van der Waals surface area (Å²) in [6.07, 6.45) is -0.0854. The Kier molecular flexibility index (Phi) is 4.55. The van der Waals surface area contributed by atoms with E-state index >= 15 is 0 Å². The lowest BCUT2D eigenvalue weighted by Gasteiger charge is -2.24. The lowest BCUT2D eigenvalue weighted by molar-refractivity contribution is -0.116. The van der Waals surface area contributed by atoms with Crippen LogP contribution in [0.25, 0.3) is 0 Å². The molecule has 1 aliphatic heterocycles. The Bertz CT molecular complexity index is 1180. The number of aryl methyl sites for hydroxylation is 1. The van der Waals surface area contributed by atoms with Gasteiger partial charge >= 0.3 is 0 Å². The molecule has 1 aromatic heterocycles. The third-order valence-electron chi connectivity index (χ3n) is 4.73. The maximum Gasteiger partial charge on any atom is 0.225 e. The predicted molar refractivity (Wildman–Crippen MR) is 102 cm³/mol. The molecule has 2 aromatic carbocycles. The largest absolute Gasteiger partial charge is 0.324 e. The highest BCUT2D eigenvalue weighted by Crippen LogP contribution is 2.46. The van der Waals surface area contributed by atoms with Crippen LogP contribution in [-0.4, -0.2) is 14.3 Å². The first-order chi connectivity index (χ1) is 13.3. The zero-order chi connectivity index (χ0) is 20.1. The van der Waals surface area contributed by atoms with E-state index in [1.54, 1.807) is 12.1 Å². The first-order valence-corrected chi connectivity index (χ1v) is 10.8. The molecular formula is C20H15F2NO3S2. The summed E-state index contributed by atoms with van der Waals surface area (Å²) in [6.45, 7) is 1.85. The van der Waals surface area contributed by atoms with Gasteiger partial charge in [-0.2, -0.15) is 0 Å². The van der Waals surface area contributed by atoms with Crippen molar-refractivity contribution in [2.24, 2.45) is 0 Å². The van der Waals surface area contributed by atoms with Crippen molar-refractivity contribution < 1.29 is 22.0 Å². The SMILES string of the molecule is Cc1ccc(S(=O)(=O)c2csc3c2NC(=O)CC3c2cccc(F)c2F)cc1. The number of amides is 1. The minimum absolute atomic E-state index is 0.0359. The predicted octanol–water partition coefficient (Wildman–Crippen LogP) is 4.64. The van der Waals surface area contributed by atoms with E-state index in [0.29, 0.717) is 4.88 Å². The van der Waals surface area contributed by atoms with Gasteiger partial charge in [-0.15, -0.1) is 11.3 Å². The van der Waals surface area contributed by atoms with Crippen molar-refractivity contribution in [3.63, 3.8) is 0 Å². The molecule has 0 bridgehead atoms. The highest BCUT2D eigenvalue weighted by molar-refractivity contribution is 7.91. The lowest BCUT2D eigenvalue weighted by Crippen LogP contribution is -2.24. The van der Waals surface area contributed by atoms with Crippen LogP contribution in [0, 0.1) is 18.6 Å². The Morgan fingerprint density at radius 1 is 1.11 bits per heavy atom. The molecule has 4 rings (SSSR count). The average Bonchev–Trinajstić information content (AvgIpc) is 3.08. The number of carbonyl (C=O) groups is 1. The van der Waals surface area contributed by atoms with Crippen LogP contribution >= 0.6 is 11.3 Å². The number of hydrogen-bond acceptors (Lipinski definition) is 4. The van der Waals surface area contributed by atoms with E-state index in [1.165, 1.54) is 29.6 Å². The third-order valence-corrected chi connectivity index (χ3v) is 7.77. The molecule has 0 spiro atoms. The molecule has 1 N–H and O–H groups in total. The summed E-state index contributed by atoms with van der Waals surface area (Å²) >= 11 is 1.11. The van der Waals surface area contributed by atoms with Gasteiger partial charge in [0.05, 0.1) is 10.6 Å². The molecule has 1 amide bonds. The number of nitrogens with one attached hydrogen (secondary N) is 1. The minimum atomic E-state index is -3.87. The monoisotopic (exact) mass is 419 g/mol. The van der Waals surface area contributed by atoms with Gasteiger partial charge < -0.3 is 5.32 Å². The molecule has 0 radical (unpaired) electrons. The van der Waals surface area contributed by atoms with Crippen LogP contribution < -0.4 is 5.32 Å². The molecule has 3 aromatic rings. The number of carbonyl (C=O) groups excluding carboxylic acids is 1. The fourth-order valence-corrected chi connectivity index (χ4v) is 6.19. The highest BCUT2D eigenvalue weighted by Gasteiger charge is 2.35. The number of halogens is 2. The maximum atomic E-state index is 14.3. The second-order valence-electron chi connectivity index (χ2n) is 6.60. The molecule has 4 nitrogen and oxygen atoms in total. The van der Waals surface area contributed by atoms with Crippen molar-refractivity contribution >= 4 is 32.8 Å². The van der Waals surface area contributed by atoms with Gasteiger partial charge in [-0.3, -0.25) is 4.79 Å². The summed E-state index contributed by atoms with van der Waals surface area (Å²) in [4.78, 5) is 12.8. The van der Waals surface area contributed by atoms with Crippen molar-refractivity contribution in [2.75, 3.05) is 5.32 Å². The fraction of sp³-hybridized carbons (Fsp3) is 0.150. The van der Waals surface area contributed by atoms with Gasteiger partial charge in [0, 0.05) is 22.6 Å². The standard InChI is InChI=1S/C20H15F2NO3S2/c1-11-5-7-12(8-6-11)28(25,26)16-10-27-20-14(9-17(24)23-19(16)20)13-3-2-4-15(21)18(13)22/h2-8,10,14H,9H2,1H3,(H,23,24). The molecule has 1 aliphatic rings. The van der Waals surface area contributed by atoms with E-state index in [2.05, 4.69) is 5.32 Å². The van der Waals surface area contributed by atoms with E-state index in [4.69, 9.17) is 0 Å². The quantitative estimate of drug-likeness (QED) is 0.673. The number of fused-ring (bicyclic) bond motifs is 1. The first-order valence-electron chi connectivity index (χ1n) is 8.46. The zero-order valence-electron chi connectivity index (χ0n) is 14.7. The summed E-state index contributed by atoms with van der Waals surface area (Å²) in [5, 5.41) is 4.05. The number of anilines is 1. The van der Waals surface area contributed by atoms with E-state index < -0.39 is 33.3 Å². The Labute approximate surface area is 164 Å². The molecule has 0 fully saturated rings. The molecule has 0 saturated carbocycles. The summed E-state index contributed by atoms with van der Waals surface area (Å²) < 4.78 is 54.2. The number of thiophene rings is 1. The number of hydrogen-bond donors (Lipinski definition) is 1. The number of benzene rings is 2. The Balaban J connectivity index is 1.85. The van der Waals surface area contributed by atoms with E-state index in [0.717, 1.165) is 23.0 Å². The molecule has 8 heteroatoms. The van der Waals surface area contributed by atoms with Gasteiger partial charge in [0.15, 0.2) is 11.6 Å². The van der Waals surface area contributed by atoms with Gasteiger partial charge in [-0.05, 0) is 30.7 Å². The van der Waals surface area contributed by atoms with Crippen molar-refractivity contribution in [1.29, 1.82) is 0 Å². The second kappa shape index (κ2) is 6.79. The molecule has 0 saturated heterocycles. The third kappa shape index (κ3) is 3.02.